The molecule has 0 saturated heterocycles. The second-order valence-corrected chi connectivity index (χ2v) is 8.84. The van der Waals surface area contributed by atoms with Crippen LogP contribution in [0.4, 0.5) is 0 Å². The monoisotopic (exact) mass is 511 g/mol. The van der Waals surface area contributed by atoms with Gasteiger partial charge in [0.05, 0.1) is 0 Å². The zero-order valence-corrected chi connectivity index (χ0v) is 20.8. The van der Waals surface area contributed by atoms with Gasteiger partial charge in [0.2, 0.25) is 0 Å². The van der Waals surface area contributed by atoms with E-state index in [1.807, 2.05) is 7.05 Å². The van der Waals surface area contributed by atoms with Crippen LogP contribution in [0.3, 0.4) is 0 Å². The van der Waals surface area contributed by atoms with Crippen molar-refractivity contribution in [2.24, 2.45) is 0 Å². The summed E-state index contributed by atoms with van der Waals surface area (Å²) in [6.45, 7) is 9.70. The Morgan fingerprint density at radius 3 is 2.67 bits per heavy atom. The molecule has 0 aliphatic heterocycles. The zero-order valence-electron chi connectivity index (χ0n) is 18.6. The van der Waals surface area contributed by atoms with Gasteiger partial charge in [0.25, 0.3) is 0 Å². The van der Waals surface area contributed by atoms with Crippen molar-refractivity contribution < 1.29 is 0 Å². The smallest absolute Gasteiger partial charge is 0.0202 e. The Kier molecular flexibility index (Phi) is 8.52. The molecule has 0 aromatic heterocycles. The second-order valence-electron chi connectivity index (χ2n) is 8.22. The first-order valence-electron chi connectivity index (χ1n) is 11.2. The van der Waals surface area contributed by atoms with Gasteiger partial charge >= 0.3 is 0 Å². The zero-order chi connectivity index (χ0) is 21.5. The minimum absolute atomic E-state index is 0.634. The number of benzene rings is 2. The molecule has 1 N–H and O–H groups in total. The standard InChI is InChI=1S/C28H34IN/c1-5-22(24-11-7-9-21(16-24)19-30-4)10-8-12-26(18-29)25-13-14-27-20(3)15-23(6-2)28(27)17-25/h7,9,11,13-18,22,30H,3,5-6,8,10,12,19H2,1-2,4H3/b26-18-. The fourth-order valence-corrected chi connectivity index (χ4v) is 5.19. The molecule has 158 valence electrons. The molecule has 1 nitrogen and oxygen atoms in total. The highest BCUT2D eigenvalue weighted by molar-refractivity contribution is 14.1. The van der Waals surface area contributed by atoms with Crippen LogP contribution in [0.2, 0.25) is 0 Å². The third-order valence-electron chi connectivity index (χ3n) is 6.24. The highest BCUT2D eigenvalue weighted by Crippen LogP contribution is 2.38. The summed E-state index contributed by atoms with van der Waals surface area (Å²) in [6.07, 6.45) is 8.07. The highest BCUT2D eigenvalue weighted by Gasteiger charge is 2.17. The minimum atomic E-state index is 0.634. The summed E-state index contributed by atoms with van der Waals surface area (Å²) >= 11 is 2.41. The molecule has 2 aromatic carbocycles. The van der Waals surface area contributed by atoms with E-state index in [1.54, 1.807) is 0 Å². The molecule has 2 heteroatoms. The van der Waals surface area contributed by atoms with Crippen LogP contribution in [0.15, 0.2) is 59.2 Å². The van der Waals surface area contributed by atoms with Crippen LogP contribution in [0.1, 0.15) is 79.7 Å². The number of rotatable bonds is 10. The van der Waals surface area contributed by atoms with Gasteiger partial charge in [0.1, 0.15) is 0 Å². The Bertz CT molecular complexity index is 951. The molecule has 1 aliphatic rings. The maximum absolute atomic E-state index is 4.22. The van der Waals surface area contributed by atoms with Crippen LogP contribution in [-0.4, -0.2) is 7.05 Å². The van der Waals surface area contributed by atoms with E-state index >= 15 is 0 Å². The van der Waals surface area contributed by atoms with Crippen molar-refractivity contribution in [3.8, 4) is 0 Å². The van der Waals surface area contributed by atoms with Crippen LogP contribution in [0.25, 0.3) is 16.7 Å². The van der Waals surface area contributed by atoms with Gasteiger partial charge in [-0.1, -0.05) is 85.5 Å². The predicted octanol–water partition coefficient (Wildman–Crippen LogP) is 8.37. The lowest BCUT2D eigenvalue weighted by molar-refractivity contribution is 0.581. The van der Waals surface area contributed by atoms with E-state index < -0.39 is 0 Å². The second kappa shape index (κ2) is 11.1. The molecule has 0 radical (unpaired) electrons. The Labute approximate surface area is 196 Å². The fraction of sp³-hybridized carbons (Fsp3) is 0.357. The Hall–Kier alpha value is -1.65. The first kappa shape index (κ1) is 23.0. The van der Waals surface area contributed by atoms with E-state index in [0.29, 0.717) is 5.92 Å². The van der Waals surface area contributed by atoms with Gasteiger partial charge in [0.15, 0.2) is 0 Å². The molecule has 1 aliphatic carbocycles. The van der Waals surface area contributed by atoms with Crippen LogP contribution in [-0.2, 0) is 6.54 Å². The van der Waals surface area contributed by atoms with Gasteiger partial charge in [-0.15, -0.1) is 0 Å². The minimum Gasteiger partial charge on any atom is -0.316 e. The maximum atomic E-state index is 4.22. The van der Waals surface area contributed by atoms with Gasteiger partial charge < -0.3 is 5.32 Å². The molecule has 0 heterocycles. The molecule has 0 fully saturated rings. The number of halogens is 1. The van der Waals surface area contributed by atoms with E-state index in [0.717, 1.165) is 25.0 Å². The lowest BCUT2D eigenvalue weighted by Crippen LogP contribution is -2.06. The molecule has 2 aromatic rings. The third-order valence-corrected chi connectivity index (χ3v) is 6.99. The summed E-state index contributed by atoms with van der Waals surface area (Å²) in [5.41, 5.74) is 10.9. The largest absolute Gasteiger partial charge is 0.316 e. The van der Waals surface area contributed by atoms with Crippen LogP contribution < -0.4 is 5.32 Å². The summed E-state index contributed by atoms with van der Waals surface area (Å²) in [4.78, 5) is 0. The van der Waals surface area contributed by atoms with Gasteiger partial charge in [-0.05, 0) is 99.8 Å². The quantitative estimate of drug-likeness (QED) is 0.316. The van der Waals surface area contributed by atoms with E-state index in [1.165, 1.54) is 58.2 Å². The van der Waals surface area contributed by atoms with Crippen molar-refractivity contribution in [3.63, 3.8) is 0 Å². The normalized spacial score (nSPS) is 14.6. The van der Waals surface area contributed by atoms with Crippen LogP contribution in [0.5, 0.6) is 0 Å². The Balaban J connectivity index is 1.67. The average molecular weight is 511 g/mol. The van der Waals surface area contributed by atoms with Crippen molar-refractivity contribution in [2.75, 3.05) is 7.05 Å². The molecule has 3 rings (SSSR count). The maximum Gasteiger partial charge on any atom is 0.0202 e. The van der Waals surface area contributed by atoms with E-state index in [-0.39, 0.29) is 0 Å². The summed E-state index contributed by atoms with van der Waals surface area (Å²) in [7, 11) is 2.01. The van der Waals surface area contributed by atoms with Crippen molar-refractivity contribution in [2.45, 2.75) is 58.4 Å². The fourth-order valence-electron chi connectivity index (χ4n) is 4.52. The third kappa shape index (κ3) is 5.33. The lowest BCUT2D eigenvalue weighted by atomic mass is 9.88. The first-order valence-corrected chi connectivity index (χ1v) is 12.4. The molecule has 1 unspecified atom stereocenters. The number of nitrogens with one attached hydrogen (secondary N) is 1. The Morgan fingerprint density at radius 1 is 1.13 bits per heavy atom. The summed E-state index contributed by atoms with van der Waals surface area (Å²) in [5.74, 6) is 0.634. The Morgan fingerprint density at radius 2 is 1.97 bits per heavy atom. The van der Waals surface area contributed by atoms with Gasteiger partial charge in [-0.25, -0.2) is 0 Å². The molecule has 1 atom stereocenters. The van der Waals surface area contributed by atoms with Crippen molar-refractivity contribution >= 4 is 39.3 Å². The van der Waals surface area contributed by atoms with E-state index in [9.17, 15) is 0 Å². The molecular weight excluding hydrogens is 477 g/mol. The number of hydrogen-bond acceptors (Lipinski definition) is 1. The summed E-state index contributed by atoms with van der Waals surface area (Å²) in [6, 6.07) is 16.0. The molecule has 0 bridgehead atoms. The van der Waals surface area contributed by atoms with Gasteiger partial charge in [-0.3, -0.25) is 0 Å². The summed E-state index contributed by atoms with van der Waals surface area (Å²) in [5, 5.41) is 3.26. The highest BCUT2D eigenvalue weighted by atomic mass is 127. The molecule has 0 saturated carbocycles. The predicted molar refractivity (Wildman–Crippen MR) is 142 cm³/mol. The van der Waals surface area contributed by atoms with E-state index in [4.69, 9.17) is 0 Å². The molecule has 30 heavy (non-hydrogen) atoms. The first-order chi connectivity index (χ1) is 14.6. The molecule has 0 amide bonds. The molecule has 0 spiro atoms. The summed E-state index contributed by atoms with van der Waals surface area (Å²) < 4.78 is 2.27. The van der Waals surface area contributed by atoms with Crippen molar-refractivity contribution in [1.82, 2.24) is 5.32 Å². The SMILES string of the molecule is C=C1C=C(CC)c2cc(/C(=C\I)CCCC(CC)c3cccc(CNC)c3)ccc21. The van der Waals surface area contributed by atoms with Crippen LogP contribution in [0, 0.1) is 0 Å². The van der Waals surface area contributed by atoms with Crippen LogP contribution >= 0.6 is 22.6 Å². The van der Waals surface area contributed by atoms with Crippen molar-refractivity contribution in [3.05, 3.63) is 87.0 Å². The average Bonchev–Trinajstić information content (AvgIpc) is 3.09. The van der Waals surface area contributed by atoms with Gasteiger partial charge in [0, 0.05) is 6.54 Å². The molecular formula is C28H34IN. The number of hydrogen-bond donors (Lipinski definition) is 1. The van der Waals surface area contributed by atoms with E-state index in [2.05, 4.69) is 101 Å². The van der Waals surface area contributed by atoms with Gasteiger partial charge in [-0.2, -0.15) is 0 Å². The number of fused-ring (bicyclic) bond motifs is 1. The topological polar surface area (TPSA) is 12.0 Å². The lowest BCUT2D eigenvalue weighted by Gasteiger charge is -2.17. The van der Waals surface area contributed by atoms with Crippen molar-refractivity contribution in [1.29, 1.82) is 0 Å². The number of allylic oxidation sites excluding steroid dienone is 4.